The smallest absolute Gasteiger partial charge is 0.0541 e. The number of nitrogens with zero attached hydrogens (tertiary/aromatic N) is 4. The van der Waals surface area contributed by atoms with Crippen molar-refractivity contribution in [1.82, 2.24) is 18.3 Å². The molecule has 0 aliphatic heterocycles. The molecule has 0 N–H and O–H groups in total. The summed E-state index contributed by atoms with van der Waals surface area (Å²) in [5.74, 6) is 0. The summed E-state index contributed by atoms with van der Waals surface area (Å²) in [5, 5.41) is 10.3. The molecule has 104 heavy (non-hydrogen) atoms. The third-order valence-corrected chi connectivity index (χ3v) is 20.3. The van der Waals surface area contributed by atoms with Crippen LogP contribution in [0, 0.1) is 27.7 Å². The molecule has 0 unspecified atom stereocenters. The normalized spacial score (nSPS) is 11.3. The van der Waals surface area contributed by atoms with Gasteiger partial charge in [-0.05, 0) is 163 Å². The van der Waals surface area contributed by atoms with Crippen LogP contribution >= 0.6 is 0 Å². The monoisotopic (exact) mass is 1330 g/mol. The lowest BCUT2D eigenvalue weighted by Gasteiger charge is -2.16. The predicted molar refractivity (Wildman–Crippen MR) is 444 cm³/mol. The summed E-state index contributed by atoms with van der Waals surface area (Å²) in [5.41, 5.74) is 29.7. The Kier molecular flexibility index (Phi) is 17.3. The summed E-state index contributed by atoms with van der Waals surface area (Å²) in [6.45, 7) is 8.49. The van der Waals surface area contributed by atoms with Crippen molar-refractivity contribution in [2.45, 2.75) is 27.7 Å². The molecule has 0 atom stereocenters. The Morgan fingerprint density at radius 2 is 0.308 bits per heavy atom. The zero-order valence-electron chi connectivity index (χ0n) is 58.7. The average Bonchev–Trinajstić information content (AvgIpc) is 1.61. The molecule has 496 valence electrons. The van der Waals surface area contributed by atoms with E-state index >= 15 is 0 Å². The third kappa shape index (κ3) is 12.4. The van der Waals surface area contributed by atoms with Crippen molar-refractivity contribution in [2.75, 3.05) is 0 Å². The molecule has 20 rings (SSSR count). The van der Waals surface area contributed by atoms with Gasteiger partial charge >= 0.3 is 0 Å². The van der Waals surface area contributed by atoms with Gasteiger partial charge in [-0.1, -0.05) is 320 Å². The number of fused-ring (bicyclic) bond motifs is 12. The minimum absolute atomic E-state index is 1.15. The Bertz CT molecular complexity index is 6100. The van der Waals surface area contributed by atoms with Crippen LogP contribution in [0.4, 0.5) is 0 Å². The van der Waals surface area contributed by atoms with Crippen LogP contribution in [0.15, 0.2) is 388 Å². The highest BCUT2D eigenvalue weighted by atomic mass is 15.0. The first-order valence-electron chi connectivity index (χ1n) is 35.9. The van der Waals surface area contributed by atoms with E-state index in [1.165, 1.54) is 165 Å². The Morgan fingerprint density at radius 1 is 0.135 bits per heavy atom. The number of hydrogen-bond acceptors (Lipinski definition) is 0. The number of aromatic nitrogens is 4. The lowest BCUT2D eigenvalue weighted by molar-refractivity contribution is 1.13. The van der Waals surface area contributed by atoms with Gasteiger partial charge in [0.2, 0.25) is 0 Å². The number of hydrogen-bond donors (Lipinski definition) is 0. The van der Waals surface area contributed by atoms with E-state index in [4.69, 9.17) is 0 Å². The standard InChI is InChI=1S/C37H26N2.C25H19N.C19H15N.C19H16/c1-25-18-20-26(21-19-25)27-22-28(38-34-14-6-2-10-30(34)31-11-3-7-15-35(31)38)24-29(23-27)39-36-16-8-4-12-32(36)33-13-5-9-17-37(33)39;1-18-10-12-19(13-11-18)20-14-16-21(17-15-20)26-24-8-4-2-6-22(24)23-7-3-5-9-25(23)26;1-14-10-12-15(13-11-14)20-18-8-4-2-6-16(18)17-7-3-5-9-19(17)20;1-15-7-9-17(10-8-15)19-13-11-18(12-14-19)16-5-3-2-4-6-16/h2-24H,1H3;2-17H,1H3;2-13H,1H3;2-14H,1H3. The topological polar surface area (TPSA) is 19.7 Å². The van der Waals surface area contributed by atoms with E-state index < -0.39 is 0 Å². The minimum atomic E-state index is 1.15. The average molecular weight is 1330 g/mol. The lowest BCUT2D eigenvalue weighted by Crippen LogP contribution is -2.00. The molecule has 0 amide bonds. The maximum absolute atomic E-state index is 2.42. The summed E-state index contributed by atoms with van der Waals surface area (Å²) >= 11 is 0. The predicted octanol–water partition coefficient (Wildman–Crippen LogP) is 27.0. The van der Waals surface area contributed by atoms with Crippen LogP contribution in [-0.4, -0.2) is 18.3 Å². The van der Waals surface area contributed by atoms with E-state index in [1.54, 1.807) is 0 Å². The highest BCUT2D eigenvalue weighted by Gasteiger charge is 2.19. The zero-order valence-corrected chi connectivity index (χ0v) is 58.7. The van der Waals surface area contributed by atoms with Crippen LogP contribution in [0.1, 0.15) is 22.3 Å². The van der Waals surface area contributed by atoms with Crippen LogP contribution in [-0.2, 0) is 0 Å². The first-order valence-corrected chi connectivity index (χ1v) is 35.9. The molecule has 0 fully saturated rings. The molecule has 0 saturated carbocycles. The van der Waals surface area contributed by atoms with Gasteiger partial charge < -0.3 is 18.3 Å². The highest BCUT2D eigenvalue weighted by Crippen LogP contribution is 2.40. The van der Waals surface area contributed by atoms with Crippen molar-refractivity contribution in [1.29, 1.82) is 0 Å². The van der Waals surface area contributed by atoms with E-state index in [9.17, 15) is 0 Å². The van der Waals surface area contributed by atoms with E-state index in [1.807, 2.05) is 6.07 Å². The Morgan fingerprint density at radius 3 is 0.567 bits per heavy atom. The number of aryl methyl sites for hydroxylation is 4. The molecule has 4 heterocycles. The fraction of sp³-hybridized carbons (Fsp3) is 0.0400. The maximum atomic E-state index is 2.42. The minimum Gasteiger partial charge on any atom is -0.309 e. The summed E-state index contributed by atoms with van der Waals surface area (Å²) in [6.07, 6.45) is 0. The summed E-state index contributed by atoms with van der Waals surface area (Å²) < 4.78 is 9.52. The Hall–Kier alpha value is -13.3. The fourth-order valence-corrected chi connectivity index (χ4v) is 15.0. The van der Waals surface area contributed by atoms with Gasteiger partial charge in [-0.25, -0.2) is 0 Å². The number of benzene rings is 16. The fourth-order valence-electron chi connectivity index (χ4n) is 15.0. The van der Waals surface area contributed by atoms with E-state index in [-0.39, 0.29) is 0 Å². The van der Waals surface area contributed by atoms with E-state index in [0.717, 1.165) is 11.4 Å². The molecule has 4 aromatic heterocycles. The molecule has 0 spiro atoms. The molecular formula is C100H76N4. The van der Waals surface area contributed by atoms with Crippen molar-refractivity contribution in [2.24, 2.45) is 0 Å². The van der Waals surface area contributed by atoms with Gasteiger partial charge in [-0.2, -0.15) is 0 Å². The largest absolute Gasteiger partial charge is 0.309 e. The first kappa shape index (κ1) is 64.1. The molecule has 4 nitrogen and oxygen atoms in total. The molecule has 0 bridgehead atoms. The molecule has 4 heteroatoms. The van der Waals surface area contributed by atoms with Gasteiger partial charge in [0.15, 0.2) is 0 Å². The molecule has 0 aliphatic carbocycles. The molecule has 0 aliphatic rings. The second-order valence-corrected chi connectivity index (χ2v) is 27.1. The van der Waals surface area contributed by atoms with Gasteiger partial charge in [0, 0.05) is 65.8 Å². The second kappa shape index (κ2) is 28.0. The molecule has 0 saturated heterocycles. The van der Waals surface area contributed by atoms with Crippen LogP contribution in [0.2, 0.25) is 0 Å². The van der Waals surface area contributed by atoms with Crippen molar-refractivity contribution in [3.05, 3.63) is 411 Å². The number of para-hydroxylation sites is 8. The van der Waals surface area contributed by atoms with Gasteiger partial charge in [0.1, 0.15) is 0 Å². The molecular weight excluding hydrogens is 1260 g/mol. The van der Waals surface area contributed by atoms with Gasteiger partial charge in [-0.15, -0.1) is 0 Å². The SMILES string of the molecule is Cc1ccc(-c2cc(-n3c4ccccc4c4ccccc43)cc(-n3c4ccccc4c4ccccc43)c2)cc1.Cc1ccc(-c2ccc(-c3ccccc3)cc2)cc1.Cc1ccc(-c2ccc(-n3c4ccccc4c4ccccc43)cc2)cc1.Cc1ccc(-n2c3ccccc3c3ccccc32)cc1. The maximum Gasteiger partial charge on any atom is 0.0541 e. The summed E-state index contributed by atoms with van der Waals surface area (Å²) in [6, 6.07) is 139. The van der Waals surface area contributed by atoms with Gasteiger partial charge in [0.25, 0.3) is 0 Å². The van der Waals surface area contributed by atoms with Crippen LogP contribution < -0.4 is 0 Å². The quantitative estimate of drug-likeness (QED) is 0.144. The third-order valence-electron chi connectivity index (χ3n) is 20.3. The Balaban J connectivity index is 0.000000108. The van der Waals surface area contributed by atoms with E-state index in [2.05, 4.69) is 428 Å². The molecule has 20 aromatic rings. The van der Waals surface area contributed by atoms with Gasteiger partial charge in [-0.3, -0.25) is 0 Å². The van der Waals surface area contributed by atoms with Crippen LogP contribution in [0.5, 0.6) is 0 Å². The number of rotatable bonds is 8. The van der Waals surface area contributed by atoms with E-state index in [0.29, 0.717) is 0 Å². The van der Waals surface area contributed by atoms with Crippen LogP contribution in [0.3, 0.4) is 0 Å². The first-order chi connectivity index (χ1) is 51.2. The molecule has 0 radical (unpaired) electrons. The second-order valence-electron chi connectivity index (χ2n) is 27.1. The summed E-state index contributed by atoms with van der Waals surface area (Å²) in [4.78, 5) is 0. The Labute approximate surface area is 607 Å². The molecule has 16 aromatic carbocycles. The van der Waals surface area contributed by atoms with Crippen molar-refractivity contribution in [3.63, 3.8) is 0 Å². The van der Waals surface area contributed by atoms with Crippen LogP contribution in [0.25, 0.3) is 154 Å². The summed E-state index contributed by atoms with van der Waals surface area (Å²) in [7, 11) is 0. The zero-order chi connectivity index (χ0) is 70.0. The van der Waals surface area contributed by atoms with Crippen molar-refractivity contribution in [3.8, 4) is 67.3 Å². The highest BCUT2D eigenvalue weighted by molar-refractivity contribution is 6.12. The van der Waals surface area contributed by atoms with Crippen molar-refractivity contribution >= 4 is 87.2 Å². The lowest BCUT2D eigenvalue weighted by atomic mass is 10.00. The van der Waals surface area contributed by atoms with Gasteiger partial charge in [0.05, 0.1) is 44.1 Å². The van der Waals surface area contributed by atoms with Crippen molar-refractivity contribution < 1.29 is 0 Å².